The summed E-state index contributed by atoms with van der Waals surface area (Å²) in [5, 5.41) is 69.6. The second-order valence-corrected chi connectivity index (χ2v) is 24.1. The normalized spacial score (nSPS) is 43.9. The number of fused-ring (bicyclic) bond motifs is 10. The topological polar surface area (TPSA) is 224 Å². The summed E-state index contributed by atoms with van der Waals surface area (Å²) >= 11 is 0. The molecule has 0 radical (unpaired) electrons. The lowest BCUT2D eigenvalue weighted by molar-refractivity contribution is -0.190. The maximum Gasteiger partial charge on any atom is 0.306 e. The van der Waals surface area contributed by atoms with E-state index in [2.05, 4.69) is 47.4 Å². The smallest absolute Gasteiger partial charge is 0.306 e. The number of ether oxygens (including phenoxy) is 1. The molecule has 5 fully saturated rings. The van der Waals surface area contributed by atoms with E-state index in [-0.39, 0.29) is 98.1 Å². The van der Waals surface area contributed by atoms with Gasteiger partial charge in [-0.05, 0) is 149 Å². The lowest BCUT2D eigenvalue weighted by Gasteiger charge is -2.62. The Hall–Kier alpha value is -4.06. The Morgan fingerprint density at radius 1 is 0.957 bits per heavy atom. The first-order valence-electron chi connectivity index (χ1n) is 26.7. The van der Waals surface area contributed by atoms with Gasteiger partial charge in [-0.2, -0.15) is 0 Å². The molecule has 18 atom stereocenters. The number of benzene rings is 1. The minimum Gasteiger partial charge on any atom is -0.465 e. The van der Waals surface area contributed by atoms with Crippen LogP contribution in [0.25, 0.3) is 0 Å². The van der Waals surface area contributed by atoms with Gasteiger partial charge in [-0.25, -0.2) is 4.99 Å². The zero-order chi connectivity index (χ0) is 49.9. The van der Waals surface area contributed by atoms with Gasteiger partial charge in [0.25, 0.3) is 0 Å². The van der Waals surface area contributed by atoms with Crippen molar-refractivity contribution in [1.29, 1.82) is 0 Å². The largest absolute Gasteiger partial charge is 0.465 e. The van der Waals surface area contributed by atoms with Crippen molar-refractivity contribution >= 4 is 23.5 Å². The highest BCUT2D eigenvalue weighted by molar-refractivity contribution is 6.00. The molecular formula is C57H80N4O9. The van der Waals surface area contributed by atoms with Gasteiger partial charge in [0.2, 0.25) is 0 Å². The van der Waals surface area contributed by atoms with Gasteiger partial charge in [0.05, 0.1) is 61.3 Å². The quantitative estimate of drug-likeness (QED) is 0.0505. The molecule has 1 aromatic rings. The first-order chi connectivity index (χ1) is 33.3. The Morgan fingerprint density at radius 2 is 1.73 bits per heavy atom. The van der Waals surface area contributed by atoms with Crippen molar-refractivity contribution in [3.8, 4) is 11.8 Å². The summed E-state index contributed by atoms with van der Waals surface area (Å²) in [6.45, 7) is 10.5. The van der Waals surface area contributed by atoms with Gasteiger partial charge >= 0.3 is 5.97 Å². The number of nitrogens with zero attached hydrogens (tertiary/aromatic N) is 1. The molecule has 70 heavy (non-hydrogen) atoms. The van der Waals surface area contributed by atoms with Crippen molar-refractivity contribution in [3.05, 3.63) is 58.8 Å². The van der Waals surface area contributed by atoms with E-state index in [0.29, 0.717) is 62.2 Å². The molecule has 0 aromatic heterocycles. The van der Waals surface area contributed by atoms with Gasteiger partial charge in [-0.15, -0.1) is 5.92 Å². The number of cyclic esters (lactones) is 1. The Morgan fingerprint density at radius 3 is 2.46 bits per heavy atom. The molecule has 1 saturated heterocycles. The van der Waals surface area contributed by atoms with E-state index in [1.54, 1.807) is 6.92 Å². The molecular weight excluding hydrogens is 885 g/mol. The molecule has 9 rings (SSSR count). The van der Waals surface area contributed by atoms with Crippen LogP contribution in [0.4, 0.5) is 0 Å². The number of allylic oxidation sites excluding steroid dienone is 3. The van der Waals surface area contributed by atoms with Gasteiger partial charge in [0, 0.05) is 42.1 Å². The third-order valence-corrected chi connectivity index (χ3v) is 19.8. The molecule has 8 aliphatic rings. The lowest BCUT2D eigenvalue weighted by Crippen LogP contribution is -2.66. The number of nitrogens with one attached hydrogen (secondary N) is 2. The fraction of sp³-hybridized carbons (Fsp3) is 0.719. The Bertz CT molecular complexity index is 2320. The van der Waals surface area contributed by atoms with E-state index in [4.69, 9.17) is 10.5 Å². The second kappa shape index (κ2) is 19.8. The third kappa shape index (κ3) is 9.09. The van der Waals surface area contributed by atoms with Crippen molar-refractivity contribution < 1.29 is 44.7 Å². The zero-order valence-corrected chi connectivity index (χ0v) is 42.2. The number of carbonyl (C=O) groups is 3. The summed E-state index contributed by atoms with van der Waals surface area (Å²) in [5.41, 5.74) is 4.24. The number of esters is 1. The predicted octanol–water partition coefficient (Wildman–Crippen LogP) is 5.51. The van der Waals surface area contributed by atoms with Gasteiger partial charge in [0.15, 0.2) is 11.7 Å². The predicted molar refractivity (Wildman–Crippen MR) is 266 cm³/mol. The van der Waals surface area contributed by atoms with E-state index in [1.165, 1.54) is 18.9 Å². The van der Waals surface area contributed by atoms with Crippen molar-refractivity contribution in [2.75, 3.05) is 19.7 Å². The van der Waals surface area contributed by atoms with Crippen LogP contribution in [0, 0.1) is 87.8 Å². The van der Waals surface area contributed by atoms with Gasteiger partial charge < -0.3 is 46.6 Å². The number of aliphatic hydroxyl groups excluding tert-OH is 3. The van der Waals surface area contributed by atoms with Crippen LogP contribution in [-0.2, 0) is 25.7 Å². The number of ketones is 2. The standard InChI is InChI=1S/C57H80N4O9/c1-32-14-15-36-16-17-40-33(2)23-47(65)55(5,68)52-38(13-9-12-37(24-42(40)41(36)22-32)39-25-48(66)70-31-39)27-57(69)49-43(18-19-56(52,57)20-21-59-53(58)61-30-35-10-7-6-8-11-35)54(4)28-46(64)45(63)26-44(54)51(67)50(49)60-29-34(3)62/h6-8,10-11,16,32-33,37-47,52,60,63-65,68-69H,13-15,17-31H2,1-5H3,(H3,58,59,61). The van der Waals surface area contributed by atoms with E-state index in [0.717, 1.165) is 31.2 Å². The van der Waals surface area contributed by atoms with Gasteiger partial charge in [0.1, 0.15) is 5.78 Å². The summed E-state index contributed by atoms with van der Waals surface area (Å²) in [4.78, 5) is 45.2. The highest BCUT2D eigenvalue weighted by Crippen LogP contribution is 2.72. The maximum absolute atomic E-state index is 15.1. The minimum atomic E-state index is -1.76. The summed E-state index contributed by atoms with van der Waals surface area (Å²) < 4.78 is 5.62. The molecule has 13 nitrogen and oxygen atoms in total. The molecule has 1 aromatic carbocycles. The first kappa shape index (κ1) is 50.9. The fourth-order valence-electron chi connectivity index (χ4n) is 16.4. The van der Waals surface area contributed by atoms with Crippen LogP contribution in [0.1, 0.15) is 130 Å². The molecule has 4 saturated carbocycles. The second-order valence-electron chi connectivity index (χ2n) is 24.1. The van der Waals surface area contributed by atoms with E-state index >= 15 is 4.79 Å². The number of carbonyl (C=O) groups excluding carboxylic acids is 3. The van der Waals surface area contributed by atoms with Crippen LogP contribution in [0.3, 0.4) is 0 Å². The lowest BCUT2D eigenvalue weighted by atomic mass is 9.44. The van der Waals surface area contributed by atoms with Crippen LogP contribution in [0.2, 0.25) is 0 Å². The number of guanidine groups is 1. The monoisotopic (exact) mass is 965 g/mol. The minimum absolute atomic E-state index is 0.0102. The van der Waals surface area contributed by atoms with Crippen LogP contribution in [0.15, 0.2) is 58.2 Å². The molecule has 0 bridgehead atoms. The SMILES string of the molecule is CC(=O)CNC1=C2C(CCC3(CCNC(N)=NCc4ccccc4)C4C(CC#CC(C5COC(=O)C5)CC5C6CC(C)CCC6=CCC5C(C)CC(O)C4(C)O)CC23O)C2(C)CC(O)C(O)CC2C1=O. The number of aliphatic hydroxyl groups is 5. The highest BCUT2D eigenvalue weighted by atomic mass is 16.5. The number of hydrogen-bond donors (Lipinski definition) is 8. The highest BCUT2D eigenvalue weighted by Gasteiger charge is 2.74. The number of hydrogen-bond acceptors (Lipinski definition) is 11. The molecule has 1 heterocycles. The Kier molecular flexibility index (Phi) is 14.4. The molecule has 0 spiro atoms. The van der Waals surface area contributed by atoms with Crippen molar-refractivity contribution in [3.63, 3.8) is 0 Å². The average molecular weight is 965 g/mol. The van der Waals surface area contributed by atoms with Gasteiger partial charge in [-0.1, -0.05) is 68.7 Å². The average Bonchev–Trinajstić information content (AvgIpc) is 3.87. The summed E-state index contributed by atoms with van der Waals surface area (Å²) in [5.74, 6) is 5.91. The Labute approximate surface area is 415 Å². The van der Waals surface area contributed by atoms with E-state index < -0.39 is 64.0 Å². The zero-order valence-electron chi connectivity index (χ0n) is 42.2. The summed E-state index contributed by atoms with van der Waals surface area (Å²) in [6.07, 6.45) is 6.59. The number of rotatable bonds is 9. The molecule has 7 aliphatic carbocycles. The Balaban J connectivity index is 1.17. The van der Waals surface area contributed by atoms with E-state index in [9.17, 15) is 35.1 Å². The number of Topliss-reactive ketones (excluding diaryl/α,β-unsaturated/α-hetero) is 2. The van der Waals surface area contributed by atoms with E-state index in [1.807, 2.05) is 37.3 Å². The van der Waals surface area contributed by atoms with Crippen LogP contribution < -0.4 is 16.4 Å². The van der Waals surface area contributed by atoms with Crippen LogP contribution >= 0.6 is 0 Å². The van der Waals surface area contributed by atoms with Crippen molar-refractivity contribution in [2.24, 2.45) is 86.7 Å². The summed E-state index contributed by atoms with van der Waals surface area (Å²) in [7, 11) is 0. The molecule has 13 heteroatoms. The number of aliphatic imine (C=N–C) groups is 1. The molecule has 9 N–H and O–H groups in total. The van der Waals surface area contributed by atoms with Crippen molar-refractivity contribution in [2.45, 2.75) is 161 Å². The van der Waals surface area contributed by atoms with Gasteiger partial charge in [-0.3, -0.25) is 14.4 Å². The van der Waals surface area contributed by atoms with Crippen LogP contribution in [-0.4, -0.2) is 98.2 Å². The molecule has 1 aliphatic heterocycles. The first-order valence-corrected chi connectivity index (χ1v) is 26.7. The fourth-order valence-corrected chi connectivity index (χ4v) is 16.4. The summed E-state index contributed by atoms with van der Waals surface area (Å²) in [6, 6.07) is 9.79. The molecule has 18 unspecified atom stereocenters. The number of nitrogens with two attached hydrogens (primary N) is 1. The third-order valence-electron chi connectivity index (χ3n) is 19.8. The maximum atomic E-state index is 15.1. The molecule has 382 valence electrons. The molecule has 0 amide bonds. The van der Waals surface area contributed by atoms with Crippen LogP contribution in [0.5, 0.6) is 0 Å². The van der Waals surface area contributed by atoms with Crippen molar-refractivity contribution in [1.82, 2.24) is 10.6 Å².